The highest BCUT2D eigenvalue weighted by molar-refractivity contribution is 7.86. The summed E-state index contributed by atoms with van der Waals surface area (Å²) in [5, 5.41) is 27.2. The van der Waals surface area contributed by atoms with Crippen LogP contribution in [0.4, 0.5) is 22.7 Å². The lowest BCUT2D eigenvalue weighted by Gasteiger charge is -2.14. The number of aromatic hydroxyl groups is 1. The molecule has 0 atom stereocenters. The van der Waals surface area contributed by atoms with Crippen molar-refractivity contribution in [3.63, 3.8) is 0 Å². The van der Waals surface area contributed by atoms with Gasteiger partial charge in [0.15, 0.2) is 0 Å². The third-order valence-corrected chi connectivity index (χ3v) is 5.46. The lowest BCUT2D eigenvalue weighted by molar-refractivity contribution is 0.464. The molecule has 9 heteroatoms. The summed E-state index contributed by atoms with van der Waals surface area (Å²) in [4.78, 5) is -0.450. The molecule has 0 saturated heterocycles. The summed E-state index contributed by atoms with van der Waals surface area (Å²) in [7, 11) is -4.79. The summed E-state index contributed by atoms with van der Waals surface area (Å²) < 4.78 is 35.4. The quantitative estimate of drug-likeness (QED) is 0.274. The van der Waals surface area contributed by atoms with Gasteiger partial charge in [-0.1, -0.05) is 30.3 Å². The molecule has 160 valence electrons. The predicted octanol–water partition coefficient (Wildman–Crippen LogP) is 6.59. The SMILES string of the molecule is Cc1cc(S(=O)(=O)[O-])c2c(N=Nc3ccc(N=Nc4ccccc4)cc3)c(O)ccc2c1. The van der Waals surface area contributed by atoms with Crippen molar-refractivity contribution in [1.29, 1.82) is 0 Å². The van der Waals surface area contributed by atoms with E-state index in [0.717, 1.165) is 5.69 Å². The van der Waals surface area contributed by atoms with E-state index in [-0.39, 0.29) is 16.8 Å². The molecular weight excluding hydrogens is 428 g/mol. The number of azo groups is 2. The lowest BCUT2D eigenvalue weighted by atomic mass is 10.1. The summed E-state index contributed by atoms with van der Waals surface area (Å²) in [5.74, 6) is -0.289. The van der Waals surface area contributed by atoms with E-state index in [2.05, 4.69) is 20.5 Å². The molecule has 0 aromatic heterocycles. The summed E-state index contributed by atoms with van der Waals surface area (Å²) in [6.45, 7) is 1.68. The number of fused-ring (bicyclic) bond motifs is 1. The smallest absolute Gasteiger partial charge is 0.143 e. The van der Waals surface area contributed by atoms with Gasteiger partial charge in [-0.15, -0.1) is 5.11 Å². The second-order valence-corrected chi connectivity index (χ2v) is 8.35. The molecule has 0 aliphatic carbocycles. The molecule has 0 unspecified atom stereocenters. The van der Waals surface area contributed by atoms with Gasteiger partial charge in [0.1, 0.15) is 21.6 Å². The highest BCUT2D eigenvalue weighted by atomic mass is 32.2. The fourth-order valence-corrected chi connectivity index (χ4v) is 3.94. The Labute approximate surface area is 184 Å². The zero-order valence-electron chi connectivity index (χ0n) is 16.9. The first-order valence-electron chi connectivity index (χ1n) is 9.52. The molecule has 4 aromatic carbocycles. The zero-order valence-corrected chi connectivity index (χ0v) is 17.7. The van der Waals surface area contributed by atoms with Crippen molar-refractivity contribution in [2.24, 2.45) is 20.5 Å². The monoisotopic (exact) mass is 445 g/mol. The maximum atomic E-state index is 11.8. The van der Waals surface area contributed by atoms with Crippen LogP contribution < -0.4 is 0 Å². The summed E-state index contributed by atoms with van der Waals surface area (Å²) in [6.07, 6.45) is 0. The third kappa shape index (κ3) is 4.69. The Morgan fingerprint density at radius 2 is 1.31 bits per heavy atom. The lowest BCUT2D eigenvalue weighted by Crippen LogP contribution is -2.00. The largest absolute Gasteiger partial charge is 0.744 e. The van der Waals surface area contributed by atoms with Gasteiger partial charge < -0.3 is 9.66 Å². The van der Waals surface area contributed by atoms with Gasteiger partial charge in [0, 0.05) is 5.39 Å². The van der Waals surface area contributed by atoms with Crippen LogP contribution in [0.2, 0.25) is 0 Å². The van der Waals surface area contributed by atoms with Crippen molar-refractivity contribution in [3.8, 4) is 5.75 Å². The Balaban J connectivity index is 1.68. The first-order chi connectivity index (χ1) is 15.3. The van der Waals surface area contributed by atoms with Crippen molar-refractivity contribution >= 4 is 43.6 Å². The Morgan fingerprint density at radius 3 is 1.91 bits per heavy atom. The van der Waals surface area contributed by atoms with E-state index in [1.807, 2.05) is 30.3 Å². The van der Waals surface area contributed by atoms with E-state index >= 15 is 0 Å². The van der Waals surface area contributed by atoms with Crippen LogP contribution in [-0.2, 0) is 10.1 Å². The van der Waals surface area contributed by atoms with E-state index in [9.17, 15) is 18.1 Å². The molecule has 4 rings (SSSR count). The third-order valence-electron chi connectivity index (χ3n) is 4.60. The van der Waals surface area contributed by atoms with Crippen LogP contribution in [0, 0.1) is 6.92 Å². The molecule has 1 N–H and O–H groups in total. The molecule has 0 radical (unpaired) electrons. The van der Waals surface area contributed by atoms with Crippen LogP contribution in [-0.4, -0.2) is 18.1 Å². The minimum atomic E-state index is -4.79. The Bertz CT molecular complexity index is 1450. The second-order valence-electron chi connectivity index (χ2n) is 7.00. The summed E-state index contributed by atoms with van der Waals surface area (Å²) in [6, 6.07) is 21.9. The van der Waals surface area contributed by atoms with Crippen LogP contribution in [0.25, 0.3) is 10.8 Å². The van der Waals surface area contributed by atoms with Gasteiger partial charge >= 0.3 is 0 Å². The van der Waals surface area contributed by atoms with Crippen LogP contribution in [0.3, 0.4) is 0 Å². The van der Waals surface area contributed by atoms with Crippen molar-refractivity contribution in [2.45, 2.75) is 11.8 Å². The molecular formula is C23H17N4O4S-. The molecule has 0 aliphatic heterocycles. The molecule has 0 amide bonds. The fraction of sp³-hybridized carbons (Fsp3) is 0.0435. The number of phenols is 1. The van der Waals surface area contributed by atoms with Gasteiger partial charge in [-0.3, -0.25) is 0 Å². The van der Waals surface area contributed by atoms with Gasteiger partial charge in [0.05, 0.1) is 22.0 Å². The van der Waals surface area contributed by atoms with E-state index in [4.69, 9.17) is 0 Å². The first kappa shape index (κ1) is 21.3. The standard InChI is InChI=1S/C23H18N4O4S/c1-15-13-16-7-12-20(28)23(22(16)21(14-15)32(29,30)31)27-26-19-10-8-18(9-11-19)25-24-17-5-3-2-4-6-17/h2-14,28H,1H3,(H,29,30,31)/p-1. The Kier molecular flexibility index (Phi) is 5.76. The van der Waals surface area contributed by atoms with Crippen molar-refractivity contribution in [1.82, 2.24) is 0 Å². The van der Waals surface area contributed by atoms with Crippen LogP contribution in [0.15, 0.2) is 104 Å². The Hall–Kier alpha value is -3.95. The molecule has 0 aliphatic rings. The molecule has 4 aromatic rings. The number of rotatable bonds is 5. The number of hydrogen-bond donors (Lipinski definition) is 1. The van der Waals surface area contributed by atoms with E-state index in [1.165, 1.54) is 18.2 Å². The van der Waals surface area contributed by atoms with Crippen molar-refractivity contribution in [2.75, 3.05) is 0 Å². The van der Waals surface area contributed by atoms with Gasteiger partial charge in [-0.2, -0.15) is 15.3 Å². The number of hydrogen-bond acceptors (Lipinski definition) is 8. The highest BCUT2D eigenvalue weighted by Crippen LogP contribution is 2.40. The number of phenolic OH excluding ortho intramolecular Hbond substituents is 1. The van der Waals surface area contributed by atoms with Crippen LogP contribution >= 0.6 is 0 Å². The summed E-state index contributed by atoms with van der Waals surface area (Å²) >= 11 is 0. The highest BCUT2D eigenvalue weighted by Gasteiger charge is 2.16. The minimum absolute atomic E-state index is 0.0302. The topological polar surface area (TPSA) is 127 Å². The molecule has 8 nitrogen and oxygen atoms in total. The average Bonchev–Trinajstić information content (AvgIpc) is 2.77. The normalized spacial score (nSPS) is 12.2. The first-order valence-corrected chi connectivity index (χ1v) is 10.9. The Morgan fingerprint density at radius 1 is 0.750 bits per heavy atom. The molecule has 0 heterocycles. The molecule has 0 fully saturated rings. The van der Waals surface area contributed by atoms with E-state index in [1.54, 1.807) is 37.3 Å². The van der Waals surface area contributed by atoms with Gasteiger partial charge in [0.25, 0.3) is 0 Å². The van der Waals surface area contributed by atoms with Gasteiger partial charge in [-0.05, 0) is 66.4 Å². The maximum absolute atomic E-state index is 11.8. The molecule has 0 spiro atoms. The van der Waals surface area contributed by atoms with Gasteiger partial charge in [0.2, 0.25) is 0 Å². The predicted molar refractivity (Wildman–Crippen MR) is 120 cm³/mol. The van der Waals surface area contributed by atoms with E-state index < -0.39 is 15.0 Å². The summed E-state index contributed by atoms with van der Waals surface area (Å²) in [5.41, 5.74) is 2.28. The maximum Gasteiger partial charge on any atom is 0.143 e. The second kappa shape index (κ2) is 8.66. The molecule has 32 heavy (non-hydrogen) atoms. The molecule has 0 bridgehead atoms. The van der Waals surface area contributed by atoms with Crippen LogP contribution in [0.1, 0.15) is 5.56 Å². The molecule has 0 saturated carbocycles. The average molecular weight is 445 g/mol. The number of nitrogens with zero attached hydrogens (tertiary/aromatic N) is 4. The van der Waals surface area contributed by atoms with Gasteiger partial charge in [-0.25, -0.2) is 8.42 Å². The number of benzene rings is 4. The zero-order chi connectivity index (χ0) is 22.7. The fourth-order valence-electron chi connectivity index (χ4n) is 3.14. The van der Waals surface area contributed by atoms with Crippen LogP contribution in [0.5, 0.6) is 5.75 Å². The van der Waals surface area contributed by atoms with E-state index in [0.29, 0.717) is 22.3 Å². The number of aryl methyl sites for hydroxylation is 1. The van der Waals surface area contributed by atoms with Crippen molar-refractivity contribution < 1.29 is 18.1 Å². The van der Waals surface area contributed by atoms with Crippen molar-refractivity contribution in [3.05, 3.63) is 84.4 Å². The minimum Gasteiger partial charge on any atom is -0.744 e.